The zero-order chi connectivity index (χ0) is 24.8. The van der Waals surface area contributed by atoms with Gasteiger partial charge in [0.05, 0.1) is 24.8 Å². The minimum absolute atomic E-state index is 0.00816. The molecule has 8 heteroatoms. The highest BCUT2D eigenvalue weighted by Gasteiger charge is 2.38. The van der Waals surface area contributed by atoms with Gasteiger partial charge in [0.15, 0.2) is 0 Å². The molecule has 0 radical (unpaired) electrons. The van der Waals surface area contributed by atoms with E-state index >= 15 is 0 Å². The molecular formula is C27H29ClINO5. The van der Waals surface area contributed by atoms with E-state index in [0.29, 0.717) is 36.1 Å². The molecule has 0 aromatic heterocycles. The number of carbonyl (C=O) groups is 2. The number of nitrogens with zero attached hydrogens (tertiary/aromatic N) is 1. The van der Waals surface area contributed by atoms with Crippen molar-refractivity contribution in [1.29, 1.82) is 0 Å². The van der Waals surface area contributed by atoms with Crippen molar-refractivity contribution < 1.29 is 23.8 Å². The lowest BCUT2D eigenvalue weighted by atomic mass is 9.83. The Labute approximate surface area is 224 Å². The van der Waals surface area contributed by atoms with Gasteiger partial charge in [0, 0.05) is 34.1 Å². The molecule has 2 aromatic carbocycles. The Morgan fingerprint density at radius 3 is 2.57 bits per heavy atom. The minimum atomic E-state index is -0.419. The molecule has 0 bridgehead atoms. The predicted octanol–water partition coefficient (Wildman–Crippen LogP) is 5.67. The molecule has 6 nitrogen and oxygen atoms in total. The van der Waals surface area contributed by atoms with Gasteiger partial charge in [-0.05, 0) is 55.2 Å². The average Bonchev–Trinajstić information content (AvgIpc) is 3.38. The smallest absolute Gasteiger partial charge is 0.336 e. The third-order valence-corrected chi connectivity index (χ3v) is 7.06. The van der Waals surface area contributed by atoms with Crippen LogP contribution in [0.15, 0.2) is 59.8 Å². The van der Waals surface area contributed by atoms with Gasteiger partial charge in [0.2, 0.25) is 5.91 Å². The van der Waals surface area contributed by atoms with Gasteiger partial charge in [-0.25, -0.2) is 4.79 Å². The summed E-state index contributed by atoms with van der Waals surface area (Å²) in [5, 5.41) is 0.603. The molecule has 2 aromatic rings. The van der Waals surface area contributed by atoms with Gasteiger partial charge >= 0.3 is 5.97 Å². The number of carbonyl (C=O) groups excluding carboxylic acids is 2. The van der Waals surface area contributed by atoms with Crippen molar-refractivity contribution in [2.45, 2.75) is 44.8 Å². The van der Waals surface area contributed by atoms with Crippen molar-refractivity contribution in [3.63, 3.8) is 0 Å². The molecule has 0 unspecified atom stereocenters. The summed E-state index contributed by atoms with van der Waals surface area (Å²) in [6, 6.07) is 14.8. The SMILES string of the molecule is CC1=C(C(=O)OCc2ccc(OCCI)cc2)[C@@H](c2ccc(Cl)cc2)CC(=O)N1C[C@@H]1CCCO1. The average molecular weight is 610 g/mol. The van der Waals surface area contributed by atoms with Gasteiger partial charge in [-0.1, -0.05) is 58.5 Å². The van der Waals surface area contributed by atoms with Crippen LogP contribution in [0.2, 0.25) is 5.02 Å². The summed E-state index contributed by atoms with van der Waals surface area (Å²) in [6.07, 6.45) is 2.08. The largest absolute Gasteiger partial charge is 0.493 e. The predicted molar refractivity (Wildman–Crippen MR) is 143 cm³/mol. The summed E-state index contributed by atoms with van der Waals surface area (Å²) in [6.45, 7) is 3.77. The van der Waals surface area contributed by atoms with Gasteiger partial charge in [0.25, 0.3) is 0 Å². The molecule has 2 atom stereocenters. The van der Waals surface area contributed by atoms with E-state index in [9.17, 15) is 9.59 Å². The van der Waals surface area contributed by atoms with Crippen molar-refractivity contribution >= 4 is 46.1 Å². The van der Waals surface area contributed by atoms with E-state index in [4.69, 9.17) is 25.8 Å². The first kappa shape index (κ1) is 26.0. The molecule has 1 fully saturated rings. The fourth-order valence-corrected chi connectivity index (χ4v) is 4.88. The first-order valence-corrected chi connectivity index (χ1v) is 13.7. The number of allylic oxidation sites excluding steroid dienone is 1. The van der Waals surface area contributed by atoms with E-state index < -0.39 is 11.9 Å². The Kier molecular flexibility index (Phi) is 9.08. The Bertz CT molecular complexity index is 1060. The van der Waals surface area contributed by atoms with Crippen LogP contribution in [0, 0.1) is 0 Å². The lowest BCUT2D eigenvalue weighted by Crippen LogP contribution is -2.42. The molecule has 1 saturated heterocycles. The number of halogens is 2. The molecule has 0 saturated carbocycles. The molecule has 1 amide bonds. The van der Waals surface area contributed by atoms with E-state index in [1.54, 1.807) is 17.0 Å². The number of benzene rings is 2. The molecule has 2 aliphatic heterocycles. The number of hydrogen-bond acceptors (Lipinski definition) is 5. The van der Waals surface area contributed by atoms with Gasteiger partial charge in [-0.2, -0.15) is 0 Å². The van der Waals surface area contributed by atoms with E-state index in [0.717, 1.165) is 34.1 Å². The second-order valence-corrected chi connectivity index (χ2v) is 10.2. The minimum Gasteiger partial charge on any atom is -0.493 e. The normalized spacial score (nSPS) is 20.3. The van der Waals surface area contributed by atoms with Crippen molar-refractivity contribution in [2.75, 3.05) is 24.2 Å². The molecule has 2 aliphatic rings. The lowest BCUT2D eigenvalue weighted by molar-refractivity contribution is -0.141. The van der Waals surface area contributed by atoms with Crippen LogP contribution in [0.5, 0.6) is 5.75 Å². The first-order valence-electron chi connectivity index (χ1n) is 11.8. The van der Waals surface area contributed by atoms with Crippen molar-refractivity contribution in [2.24, 2.45) is 0 Å². The van der Waals surface area contributed by atoms with Crippen LogP contribution in [0.4, 0.5) is 0 Å². The van der Waals surface area contributed by atoms with Gasteiger partial charge in [-0.3, -0.25) is 4.79 Å². The summed E-state index contributed by atoms with van der Waals surface area (Å²) in [5.41, 5.74) is 2.86. The molecule has 4 rings (SSSR count). The Hall–Kier alpha value is -2.10. The zero-order valence-corrected chi connectivity index (χ0v) is 22.6. The van der Waals surface area contributed by atoms with Gasteiger partial charge in [-0.15, -0.1) is 0 Å². The molecular weight excluding hydrogens is 581 g/mol. The molecule has 0 aliphatic carbocycles. The molecule has 0 N–H and O–H groups in total. The molecule has 35 heavy (non-hydrogen) atoms. The molecule has 186 valence electrons. The van der Waals surface area contributed by atoms with E-state index in [1.807, 2.05) is 43.3 Å². The summed E-state index contributed by atoms with van der Waals surface area (Å²) in [7, 11) is 0. The van der Waals surface area contributed by atoms with Crippen molar-refractivity contribution in [3.8, 4) is 5.75 Å². The summed E-state index contributed by atoms with van der Waals surface area (Å²) >= 11 is 8.34. The highest BCUT2D eigenvalue weighted by Crippen LogP contribution is 2.38. The summed E-state index contributed by atoms with van der Waals surface area (Å²) in [5.74, 6) is -0.0418. The van der Waals surface area contributed by atoms with Gasteiger partial charge < -0.3 is 19.1 Å². The number of esters is 1. The summed E-state index contributed by atoms with van der Waals surface area (Å²) in [4.78, 5) is 28.3. The summed E-state index contributed by atoms with van der Waals surface area (Å²) < 4.78 is 18.0. The fraction of sp³-hybridized carbons (Fsp3) is 0.407. The third-order valence-electron chi connectivity index (χ3n) is 6.36. The topological polar surface area (TPSA) is 65.1 Å². The maximum Gasteiger partial charge on any atom is 0.336 e. The number of rotatable bonds is 9. The standard InChI is InChI=1S/C27H29ClINO5/c1-18-26(27(32)35-17-19-4-10-22(11-5-19)34-14-12-29)24(20-6-8-21(28)9-7-20)15-25(31)30(18)16-23-3-2-13-33-23/h4-11,23-24H,2-3,12-17H2,1H3/t23-,24+/m0/s1. The number of alkyl halides is 1. The van der Waals surface area contributed by atoms with E-state index in [-0.39, 0.29) is 25.0 Å². The van der Waals surface area contributed by atoms with Crippen LogP contribution in [-0.2, 0) is 25.7 Å². The first-order chi connectivity index (χ1) is 17.0. The Balaban J connectivity index is 1.55. The van der Waals surface area contributed by atoms with E-state index in [1.165, 1.54) is 0 Å². The van der Waals surface area contributed by atoms with Crippen LogP contribution in [-0.4, -0.2) is 47.1 Å². The fourth-order valence-electron chi connectivity index (χ4n) is 4.54. The zero-order valence-electron chi connectivity index (χ0n) is 19.7. The highest BCUT2D eigenvalue weighted by molar-refractivity contribution is 14.1. The number of hydrogen-bond donors (Lipinski definition) is 0. The maximum atomic E-state index is 13.4. The highest BCUT2D eigenvalue weighted by atomic mass is 127. The quantitative estimate of drug-likeness (QED) is 0.208. The van der Waals surface area contributed by atoms with Gasteiger partial charge in [0.1, 0.15) is 12.4 Å². The monoisotopic (exact) mass is 609 g/mol. The Morgan fingerprint density at radius 2 is 1.91 bits per heavy atom. The van der Waals surface area contributed by atoms with Crippen molar-refractivity contribution in [1.82, 2.24) is 4.90 Å². The van der Waals surface area contributed by atoms with Crippen LogP contribution in [0.25, 0.3) is 0 Å². The molecule has 2 heterocycles. The van der Waals surface area contributed by atoms with Crippen LogP contribution in [0.3, 0.4) is 0 Å². The number of ether oxygens (including phenoxy) is 3. The lowest BCUT2D eigenvalue weighted by Gasteiger charge is -2.35. The van der Waals surface area contributed by atoms with E-state index in [2.05, 4.69) is 22.6 Å². The second kappa shape index (κ2) is 12.2. The van der Waals surface area contributed by atoms with Crippen LogP contribution < -0.4 is 4.74 Å². The van der Waals surface area contributed by atoms with Crippen molar-refractivity contribution in [3.05, 3.63) is 76.0 Å². The second-order valence-electron chi connectivity index (χ2n) is 8.70. The Morgan fingerprint density at radius 1 is 1.17 bits per heavy atom. The van der Waals surface area contributed by atoms with Crippen LogP contribution >= 0.6 is 34.2 Å². The third kappa shape index (κ3) is 6.57. The maximum absolute atomic E-state index is 13.4. The number of amides is 1. The molecule has 0 spiro atoms. The van der Waals surface area contributed by atoms with Crippen LogP contribution in [0.1, 0.15) is 43.2 Å².